The molecule has 0 aromatic heterocycles. The quantitative estimate of drug-likeness (QED) is 0.549. The minimum atomic E-state index is 0.222. The molecule has 1 rings (SSSR count). The Morgan fingerprint density at radius 3 is 2.39 bits per heavy atom. The normalized spacial score (nSPS) is 14.2. The molecule has 3 nitrogen and oxygen atoms in total. The van der Waals surface area contributed by atoms with Crippen molar-refractivity contribution in [3.05, 3.63) is 29.8 Å². The summed E-state index contributed by atoms with van der Waals surface area (Å²) in [5.74, 6) is 7.24. The molecule has 0 amide bonds. The second-order valence-corrected chi connectivity index (χ2v) is 4.89. The third kappa shape index (κ3) is 4.67. The monoisotopic (exact) mass is 250 g/mol. The van der Waals surface area contributed by atoms with Gasteiger partial charge in [0.1, 0.15) is 5.75 Å². The number of nitrogens with one attached hydrogen (secondary N) is 1. The van der Waals surface area contributed by atoms with Crippen LogP contribution in [0.1, 0.15) is 51.6 Å². The molecule has 0 spiro atoms. The van der Waals surface area contributed by atoms with Gasteiger partial charge in [-0.1, -0.05) is 39.3 Å². The summed E-state index contributed by atoms with van der Waals surface area (Å²) >= 11 is 0. The van der Waals surface area contributed by atoms with E-state index in [1.54, 1.807) is 0 Å². The molecular formula is C15H26N2O. The Hall–Kier alpha value is -1.06. The Morgan fingerprint density at radius 1 is 1.22 bits per heavy atom. The molecule has 0 aliphatic rings. The molecule has 3 heteroatoms. The van der Waals surface area contributed by atoms with Crippen molar-refractivity contribution in [1.29, 1.82) is 0 Å². The molecule has 1 aromatic carbocycles. The minimum Gasteiger partial charge on any atom is -0.494 e. The Morgan fingerprint density at radius 2 is 1.89 bits per heavy atom. The van der Waals surface area contributed by atoms with Crippen molar-refractivity contribution < 1.29 is 4.74 Å². The summed E-state index contributed by atoms with van der Waals surface area (Å²) in [5, 5.41) is 0. The fraction of sp³-hybridized carbons (Fsp3) is 0.600. The van der Waals surface area contributed by atoms with E-state index in [0.29, 0.717) is 5.92 Å². The Kier molecular flexibility index (Phi) is 6.76. The van der Waals surface area contributed by atoms with Crippen LogP contribution in [0.4, 0.5) is 0 Å². The molecule has 0 heterocycles. The van der Waals surface area contributed by atoms with Crippen LogP contribution in [0, 0.1) is 5.92 Å². The van der Waals surface area contributed by atoms with Gasteiger partial charge in [-0.25, -0.2) is 0 Å². The fourth-order valence-electron chi connectivity index (χ4n) is 1.89. The van der Waals surface area contributed by atoms with Crippen LogP contribution in [-0.2, 0) is 0 Å². The fourth-order valence-corrected chi connectivity index (χ4v) is 1.89. The smallest absolute Gasteiger partial charge is 0.119 e. The highest BCUT2D eigenvalue weighted by atomic mass is 16.5. The molecule has 0 aliphatic carbocycles. The van der Waals surface area contributed by atoms with Gasteiger partial charge in [-0.3, -0.25) is 11.3 Å². The maximum absolute atomic E-state index is 5.64. The largest absolute Gasteiger partial charge is 0.494 e. The number of rotatable bonds is 8. The van der Waals surface area contributed by atoms with E-state index in [2.05, 4.69) is 38.3 Å². The van der Waals surface area contributed by atoms with Crippen LogP contribution in [0.15, 0.2) is 24.3 Å². The van der Waals surface area contributed by atoms with Gasteiger partial charge >= 0.3 is 0 Å². The lowest BCUT2D eigenvalue weighted by Gasteiger charge is -2.20. The number of nitrogens with two attached hydrogens (primary N) is 1. The Bertz CT molecular complexity index is 324. The van der Waals surface area contributed by atoms with Crippen LogP contribution in [0.3, 0.4) is 0 Å². The second kappa shape index (κ2) is 8.11. The predicted octanol–water partition coefficient (Wildman–Crippen LogP) is 3.42. The third-order valence-corrected chi connectivity index (χ3v) is 3.29. The van der Waals surface area contributed by atoms with Crippen LogP contribution in [0.25, 0.3) is 0 Å². The molecule has 2 atom stereocenters. The van der Waals surface area contributed by atoms with E-state index in [0.717, 1.165) is 25.2 Å². The topological polar surface area (TPSA) is 47.3 Å². The average molecular weight is 250 g/mol. The molecule has 0 saturated carbocycles. The molecule has 0 aliphatic heterocycles. The molecule has 2 unspecified atom stereocenters. The van der Waals surface area contributed by atoms with Gasteiger partial charge in [-0.05, 0) is 36.5 Å². The lowest BCUT2D eigenvalue weighted by molar-refractivity contribution is 0.317. The highest BCUT2D eigenvalue weighted by Gasteiger charge is 2.12. The highest BCUT2D eigenvalue weighted by Crippen LogP contribution is 2.24. The summed E-state index contributed by atoms with van der Waals surface area (Å²) in [5.41, 5.74) is 4.13. The number of hydrazine groups is 1. The lowest BCUT2D eigenvalue weighted by Crippen LogP contribution is -2.29. The van der Waals surface area contributed by atoms with E-state index in [9.17, 15) is 0 Å². The van der Waals surface area contributed by atoms with Crippen molar-refractivity contribution in [3.63, 3.8) is 0 Å². The molecule has 102 valence electrons. The van der Waals surface area contributed by atoms with E-state index in [1.807, 2.05) is 12.1 Å². The lowest BCUT2D eigenvalue weighted by atomic mass is 9.95. The maximum atomic E-state index is 5.64. The van der Waals surface area contributed by atoms with Crippen LogP contribution < -0.4 is 16.0 Å². The van der Waals surface area contributed by atoms with Gasteiger partial charge in [0.05, 0.1) is 6.61 Å². The number of benzene rings is 1. The van der Waals surface area contributed by atoms with Crippen molar-refractivity contribution in [1.82, 2.24) is 5.43 Å². The van der Waals surface area contributed by atoms with E-state index >= 15 is 0 Å². The van der Waals surface area contributed by atoms with E-state index in [1.165, 1.54) is 12.0 Å². The maximum Gasteiger partial charge on any atom is 0.119 e. The summed E-state index contributed by atoms with van der Waals surface area (Å²) in [6.07, 6.45) is 3.26. The summed E-state index contributed by atoms with van der Waals surface area (Å²) in [6, 6.07) is 8.45. The zero-order valence-corrected chi connectivity index (χ0v) is 11.8. The number of hydrogen-bond donors (Lipinski definition) is 2. The Balaban J connectivity index is 2.63. The first-order chi connectivity index (χ1) is 8.71. The third-order valence-electron chi connectivity index (χ3n) is 3.29. The van der Waals surface area contributed by atoms with Crippen molar-refractivity contribution in [2.24, 2.45) is 11.8 Å². The molecule has 1 aromatic rings. The van der Waals surface area contributed by atoms with E-state index < -0.39 is 0 Å². The molecular weight excluding hydrogens is 224 g/mol. The predicted molar refractivity (Wildman–Crippen MR) is 76.4 cm³/mol. The SMILES string of the molecule is CCCOc1ccc(C(CC(C)CC)NN)cc1. The van der Waals surface area contributed by atoms with Crippen molar-refractivity contribution in [2.45, 2.75) is 46.1 Å². The first-order valence-electron chi connectivity index (χ1n) is 6.90. The molecule has 18 heavy (non-hydrogen) atoms. The van der Waals surface area contributed by atoms with Crippen molar-refractivity contribution in [2.75, 3.05) is 6.61 Å². The van der Waals surface area contributed by atoms with Gasteiger partial charge < -0.3 is 4.74 Å². The van der Waals surface area contributed by atoms with Gasteiger partial charge in [0, 0.05) is 6.04 Å². The van der Waals surface area contributed by atoms with Crippen LogP contribution in [0.5, 0.6) is 5.75 Å². The standard InChI is InChI=1S/C15H26N2O/c1-4-10-18-14-8-6-13(7-9-14)15(17-16)11-12(3)5-2/h6-9,12,15,17H,4-5,10-11,16H2,1-3H3. The van der Waals surface area contributed by atoms with Crippen molar-refractivity contribution >= 4 is 0 Å². The second-order valence-electron chi connectivity index (χ2n) is 4.89. The molecule has 3 N–H and O–H groups in total. The van der Waals surface area contributed by atoms with Gasteiger partial charge in [-0.2, -0.15) is 0 Å². The molecule has 0 radical (unpaired) electrons. The number of ether oxygens (including phenoxy) is 1. The summed E-state index contributed by atoms with van der Waals surface area (Å²) in [7, 11) is 0. The number of hydrogen-bond acceptors (Lipinski definition) is 3. The van der Waals surface area contributed by atoms with Gasteiger partial charge in [0.25, 0.3) is 0 Å². The van der Waals surface area contributed by atoms with E-state index in [4.69, 9.17) is 10.6 Å². The summed E-state index contributed by atoms with van der Waals surface area (Å²) in [6.45, 7) is 7.34. The summed E-state index contributed by atoms with van der Waals surface area (Å²) in [4.78, 5) is 0. The highest BCUT2D eigenvalue weighted by molar-refractivity contribution is 5.29. The van der Waals surface area contributed by atoms with E-state index in [-0.39, 0.29) is 6.04 Å². The van der Waals surface area contributed by atoms with Gasteiger partial charge in [-0.15, -0.1) is 0 Å². The van der Waals surface area contributed by atoms with Crippen LogP contribution in [-0.4, -0.2) is 6.61 Å². The van der Waals surface area contributed by atoms with Crippen LogP contribution >= 0.6 is 0 Å². The first-order valence-corrected chi connectivity index (χ1v) is 6.90. The molecule has 0 saturated heterocycles. The Labute approximate surface area is 111 Å². The minimum absolute atomic E-state index is 0.222. The molecule has 0 bridgehead atoms. The van der Waals surface area contributed by atoms with Crippen molar-refractivity contribution in [3.8, 4) is 5.75 Å². The molecule has 0 fully saturated rings. The first kappa shape index (κ1) is 15.0. The average Bonchev–Trinajstić information content (AvgIpc) is 2.42. The zero-order chi connectivity index (χ0) is 13.4. The van der Waals surface area contributed by atoms with Crippen LogP contribution in [0.2, 0.25) is 0 Å². The zero-order valence-electron chi connectivity index (χ0n) is 11.8. The van der Waals surface area contributed by atoms with Gasteiger partial charge in [0.15, 0.2) is 0 Å². The van der Waals surface area contributed by atoms with Gasteiger partial charge in [0.2, 0.25) is 0 Å². The summed E-state index contributed by atoms with van der Waals surface area (Å²) < 4.78 is 5.57.